The highest BCUT2D eigenvalue weighted by atomic mass is 16.1. The van der Waals surface area contributed by atoms with Crippen molar-refractivity contribution in [2.45, 2.75) is 31.6 Å². The highest BCUT2D eigenvalue weighted by Gasteiger charge is 2.32. The van der Waals surface area contributed by atoms with E-state index in [0.717, 1.165) is 19.6 Å². The third-order valence-electron chi connectivity index (χ3n) is 3.92. The highest BCUT2D eigenvalue weighted by Crippen LogP contribution is 2.33. The number of carbonyl (C=O) groups excluding carboxylic acids is 1. The van der Waals surface area contributed by atoms with Crippen LogP contribution < -0.4 is 5.73 Å². The lowest BCUT2D eigenvalue weighted by atomic mass is 9.76. The Balaban J connectivity index is 2.03. The molecule has 1 aromatic carbocycles. The number of likely N-dealkylation sites (tertiary alicyclic amines) is 1. The van der Waals surface area contributed by atoms with Crippen LogP contribution in [-0.4, -0.2) is 30.4 Å². The predicted octanol–water partition coefficient (Wildman–Crippen LogP) is 1.92. The Bertz CT molecular complexity index is 404. The number of nitrogens with zero attached hydrogens (tertiary/aromatic N) is 1. The fourth-order valence-electron chi connectivity index (χ4n) is 2.88. The Morgan fingerprint density at radius 3 is 2.78 bits per heavy atom. The first-order valence-electron chi connectivity index (χ1n) is 6.66. The van der Waals surface area contributed by atoms with E-state index in [2.05, 4.69) is 42.2 Å². The van der Waals surface area contributed by atoms with E-state index >= 15 is 0 Å². The first-order valence-corrected chi connectivity index (χ1v) is 6.66. The number of hydrogen-bond donors (Lipinski definition) is 1. The first kappa shape index (κ1) is 13.1. The lowest BCUT2D eigenvalue weighted by Gasteiger charge is -2.41. The van der Waals surface area contributed by atoms with Gasteiger partial charge in [0.15, 0.2) is 0 Å². The molecule has 18 heavy (non-hydrogen) atoms. The maximum Gasteiger partial charge on any atom is 0.218 e. The van der Waals surface area contributed by atoms with Gasteiger partial charge < -0.3 is 10.6 Å². The summed E-state index contributed by atoms with van der Waals surface area (Å²) in [5.74, 6) is -0.206. The quantitative estimate of drug-likeness (QED) is 0.882. The van der Waals surface area contributed by atoms with Gasteiger partial charge in [-0.15, -0.1) is 0 Å². The van der Waals surface area contributed by atoms with Gasteiger partial charge in [-0.05, 0) is 24.9 Å². The van der Waals surface area contributed by atoms with Crippen LogP contribution in [0.5, 0.6) is 0 Å². The molecular weight excluding hydrogens is 224 g/mol. The Labute approximate surface area is 109 Å². The lowest BCUT2D eigenvalue weighted by molar-refractivity contribution is -0.118. The maximum absolute atomic E-state index is 10.9. The molecule has 0 aromatic heterocycles. The van der Waals surface area contributed by atoms with Crippen molar-refractivity contribution in [3.8, 4) is 0 Å². The molecule has 0 aliphatic carbocycles. The van der Waals surface area contributed by atoms with Crippen LogP contribution in [0.25, 0.3) is 0 Å². The molecule has 1 amide bonds. The fraction of sp³-hybridized carbons (Fsp3) is 0.533. The molecular formula is C15H22N2O. The highest BCUT2D eigenvalue weighted by molar-refractivity contribution is 5.73. The molecule has 2 N–H and O–H groups in total. The fourth-order valence-corrected chi connectivity index (χ4v) is 2.88. The van der Waals surface area contributed by atoms with Gasteiger partial charge in [0.1, 0.15) is 0 Å². The van der Waals surface area contributed by atoms with E-state index in [1.807, 2.05) is 0 Å². The van der Waals surface area contributed by atoms with Crippen LogP contribution in [0.15, 0.2) is 30.3 Å². The summed E-state index contributed by atoms with van der Waals surface area (Å²) in [4.78, 5) is 13.2. The Hall–Kier alpha value is -1.35. The molecule has 1 aromatic rings. The number of amides is 1. The number of benzene rings is 1. The van der Waals surface area contributed by atoms with Gasteiger partial charge in [0.2, 0.25) is 5.91 Å². The third-order valence-corrected chi connectivity index (χ3v) is 3.92. The molecule has 3 nitrogen and oxygen atoms in total. The second-order valence-electron chi connectivity index (χ2n) is 5.52. The Morgan fingerprint density at radius 2 is 2.11 bits per heavy atom. The minimum Gasteiger partial charge on any atom is -0.370 e. The van der Waals surface area contributed by atoms with E-state index in [-0.39, 0.29) is 11.3 Å². The molecule has 0 unspecified atom stereocenters. The molecule has 1 heterocycles. The van der Waals surface area contributed by atoms with Gasteiger partial charge in [-0.2, -0.15) is 0 Å². The zero-order valence-corrected chi connectivity index (χ0v) is 11.1. The summed E-state index contributed by atoms with van der Waals surface area (Å²) in [5.41, 5.74) is 6.83. The van der Waals surface area contributed by atoms with Crippen LogP contribution in [0.1, 0.15) is 31.7 Å². The number of piperidine rings is 1. The molecule has 1 aliphatic rings. The summed E-state index contributed by atoms with van der Waals surface area (Å²) in [5, 5.41) is 0. The number of hydrogen-bond acceptors (Lipinski definition) is 2. The van der Waals surface area contributed by atoms with Crippen molar-refractivity contribution < 1.29 is 4.79 Å². The second kappa shape index (κ2) is 5.53. The zero-order chi connectivity index (χ0) is 13.0. The van der Waals surface area contributed by atoms with Crippen LogP contribution >= 0.6 is 0 Å². The van der Waals surface area contributed by atoms with Gasteiger partial charge in [0.05, 0.1) is 0 Å². The van der Waals surface area contributed by atoms with E-state index in [0.29, 0.717) is 6.42 Å². The van der Waals surface area contributed by atoms with E-state index in [9.17, 15) is 4.79 Å². The normalized spacial score (nSPS) is 24.9. The van der Waals surface area contributed by atoms with Crippen molar-refractivity contribution in [2.75, 3.05) is 19.6 Å². The standard InChI is InChI=1S/C15H22N2O/c1-15(13-6-3-2-4-7-13)9-5-10-17(12-15)11-8-14(16)18/h2-4,6-7H,5,8-12H2,1H3,(H2,16,18)/t15-/m0/s1. The van der Waals surface area contributed by atoms with Crippen LogP contribution in [0, 0.1) is 0 Å². The average molecular weight is 246 g/mol. The minimum atomic E-state index is -0.206. The molecule has 2 rings (SSSR count). The number of carbonyl (C=O) groups is 1. The van der Waals surface area contributed by atoms with E-state index in [1.54, 1.807) is 0 Å². The van der Waals surface area contributed by atoms with Gasteiger partial charge in [-0.25, -0.2) is 0 Å². The number of primary amides is 1. The van der Waals surface area contributed by atoms with Gasteiger partial charge in [0.25, 0.3) is 0 Å². The van der Waals surface area contributed by atoms with Crippen molar-refractivity contribution in [2.24, 2.45) is 5.73 Å². The van der Waals surface area contributed by atoms with Crippen molar-refractivity contribution in [1.82, 2.24) is 4.90 Å². The molecule has 0 radical (unpaired) electrons. The van der Waals surface area contributed by atoms with Crippen molar-refractivity contribution in [1.29, 1.82) is 0 Å². The Kier molecular flexibility index (Phi) is 4.02. The predicted molar refractivity (Wildman–Crippen MR) is 73.3 cm³/mol. The topological polar surface area (TPSA) is 46.3 Å². The molecule has 3 heteroatoms. The van der Waals surface area contributed by atoms with Crippen LogP contribution in [-0.2, 0) is 10.2 Å². The summed E-state index contributed by atoms with van der Waals surface area (Å²) in [6.45, 7) is 5.20. The zero-order valence-electron chi connectivity index (χ0n) is 11.1. The number of nitrogens with two attached hydrogens (primary N) is 1. The molecule has 0 bridgehead atoms. The molecule has 98 valence electrons. The largest absolute Gasteiger partial charge is 0.370 e. The van der Waals surface area contributed by atoms with Crippen molar-refractivity contribution in [3.05, 3.63) is 35.9 Å². The molecule has 0 spiro atoms. The smallest absolute Gasteiger partial charge is 0.218 e. The van der Waals surface area contributed by atoms with E-state index < -0.39 is 0 Å². The molecule has 0 saturated carbocycles. The summed E-state index contributed by atoms with van der Waals surface area (Å²) in [7, 11) is 0. The molecule has 1 saturated heterocycles. The SMILES string of the molecule is C[C@]1(c2ccccc2)CCCN(CCC(N)=O)C1. The van der Waals surface area contributed by atoms with E-state index in [1.165, 1.54) is 18.4 Å². The van der Waals surface area contributed by atoms with Gasteiger partial charge in [-0.1, -0.05) is 37.3 Å². The average Bonchev–Trinajstić information content (AvgIpc) is 2.38. The second-order valence-corrected chi connectivity index (χ2v) is 5.52. The van der Waals surface area contributed by atoms with E-state index in [4.69, 9.17) is 5.73 Å². The van der Waals surface area contributed by atoms with Crippen molar-refractivity contribution >= 4 is 5.91 Å². The molecule has 1 aliphatic heterocycles. The third kappa shape index (κ3) is 3.10. The van der Waals surface area contributed by atoms with Crippen LogP contribution in [0.2, 0.25) is 0 Å². The van der Waals surface area contributed by atoms with Gasteiger partial charge >= 0.3 is 0 Å². The van der Waals surface area contributed by atoms with Gasteiger partial charge in [-0.3, -0.25) is 4.79 Å². The minimum absolute atomic E-state index is 0.206. The van der Waals surface area contributed by atoms with Crippen molar-refractivity contribution in [3.63, 3.8) is 0 Å². The maximum atomic E-state index is 10.9. The monoisotopic (exact) mass is 246 g/mol. The first-order chi connectivity index (χ1) is 8.60. The molecule has 1 fully saturated rings. The summed E-state index contributed by atoms with van der Waals surface area (Å²) in [6.07, 6.45) is 2.86. The summed E-state index contributed by atoms with van der Waals surface area (Å²) in [6, 6.07) is 10.7. The number of rotatable bonds is 4. The lowest BCUT2D eigenvalue weighted by Crippen LogP contribution is -2.45. The van der Waals surface area contributed by atoms with Gasteiger partial charge in [0, 0.05) is 24.9 Å². The molecule has 1 atom stereocenters. The summed E-state index contributed by atoms with van der Waals surface area (Å²) >= 11 is 0. The van der Waals surface area contributed by atoms with Crippen LogP contribution in [0.4, 0.5) is 0 Å². The summed E-state index contributed by atoms with van der Waals surface area (Å²) < 4.78 is 0. The Morgan fingerprint density at radius 1 is 1.39 bits per heavy atom. The van der Waals surface area contributed by atoms with Crippen LogP contribution in [0.3, 0.4) is 0 Å².